The van der Waals surface area contributed by atoms with E-state index in [0.29, 0.717) is 17.8 Å². The van der Waals surface area contributed by atoms with Crippen LogP contribution in [0.25, 0.3) is 10.9 Å². The number of nitrogens with zero attached hydrogens (tertiary/aromatic N) is 1. The molecule has 0 spiro atoms. The molecule has 2 bridgehead atoms. The zero-order chi connectivity index (χ0) is 11.6. The van der Waals surface area contributed by atoms with Gasteiger partial charge in [-0.15, -0.1) is 11.6 Å². The van der Waals surface area contributed by atoms with Crippen LogP contribution in [-0.2, 0) is 0 Å². The first-order valence-corrected chi connectivity index (χ1v) is 6.50. The number of halogens is 1. The van der Waals surface area contributed by atoms with E-state index in [4.69, 9.17) is 11.6 Å². The summed E-state index contributed by atoms with van der Waals surface area (Å²) in [5, 5.41) is 1.48. The number of aliphatic imine (C=N–C) groups is 1. The highest BCUT2D eigenvalue weighted by atomic mass is 35.5. The molecular weight excluding hydrogens is 232 g/mol. The molecule has 3 aliphatic rings. The van der Waals surface area contributed by atoms with Gasteiger partial charge in [-0.3, -0.25) is 0 Å². The average molecular weight is 245 g/mol. The van der Waals surface area contributed by atoms with E-state index in [2.05, 4.69) is 35.1 Å². The zero-order valence-electron chi connectivity index (χ0n) is 9.52. The third kappa shape index (κ3) is 1.09. The molecule has 1 aromatic heterocycles. The van der Waals surface area contributed by atoms with Crippen LogP contribution in [0, 0.1) is 11.8 Å². The predicted molar refractivity (Wildman–Crippen MR) is 71.5 cm³/mol. The largest absolute Gasteiger partial charge is 0.339 e. The molecule has 0 saturated heterocycles. The highest BCUT2D eigenvalue weighted by Crippen LogP contribution is 2.55. The van der Waals surface area contributed by atoms with Crippen LogP contribution in [0.4, 0.5) is 5.82 Å². The van der Waals surface area contributed by atoms with Gasteiger partial charge >= 0.3 is 0 Å². The van der Waals surface area contributed by atoms with E-state index in [0.717, 1.165) is 11.3 Å². The van der Waals surface area contributed by atoms with Gasteiger partial charge in [-0.1, -0.05) is 25.1 Å². The molecule has 86 valence electrons. The van der Waals surface area contributed by atoms with Gasteiger partial charge in [-0.2, -0.15) is 0 Å². The summed E-state index contributed by atoms with van der Waals surface area (Å²) in [6.45, 7) is 2.27. The van der Waals surface area contributed by atoms with Crippen molar-refractivity contribution in [3.63, 3.8) is 0 Å². The number of aromatic nitrogens is 1. The standard InChI is InChI=1S/C14H13ClN2/c1-7-9-6-16-14-12(11(7)13(9)15)8-4-2-3-5-10(8)17-14/h2-7,9,11,13,17H,1H3. The summed E-state index contributed by atoms with van der Waals surface area (Å²) in [7, 11) is 0. The first-order chi connectivity index (χ1) is 8.27. The van der Waals surface area contributed by atoms with Crippen molar-refractivity contribution in [3.8, 4) is 0 Å². The molecule has 1 aromatic carbocycles. The zero-order valence-corrected chi connectivity index (χ0v) is 10.3. The summed E-state index contributed by atoms with van der Waals surface area (Å²) in [6.07, 6.45) is 2.03. The van der Waals surface area contributed by atoms with Crippen LogP contribution in [0.3, 0.4) is 0 Å². The Morgan fingerprint density at radius 3 is 2.94 bits per heavy atom. The van der Waals surface area contributed by atoms with E-state index in [-0.39, 0.29) is 5.38 Å². The van der Waals surface area contributed by atoms with Gasteiger partial charge in [-0.05, 0) is 12.0 Å². The van der Waals surface area contributed by atoms with Crippen LogP contribution < -0.4 is 0 Å². The molecule has 0 radical (unpaired) electrons. The SMILES string of the molecule is CC1C2C=Nc3[nH]c4ccccc4c3C1C2Cl. The number of hydrogen-bond acceptors (Lipinski definition) is 1. The van der Waals surface area contributed by atoms with Crippen molar-refractivity contribution in [3.05, 3.63) is 29.8 Å². The van der Waals surface area contributed by atoms with E-state index in [1.54, 1.807) is 0 Å². The maximum absolute atomic E-state index is 6.50. The Labute approximate surface area is 105 Å². The van der Waals surface area contributed by atoms with Crippen molar-refractivity contribution < 1.29 is 0 Å². The van der Waals surface area contributed by atoms with Crippen LogP contribution in [0.1, 0.15) is 18.4 Å². The first-order valence-electron chi connectivity index (χ1n) is 6.06. The van der Waals surface area contributed by atoms with Gasteiger partial charge in [-0.25, -0.2) is 4.99 Å². The number of nitrogens with one attached hydrogen (secondary N) is 1. The second kappa shape index (κ2) is 3.14. The molecule has 17 heavy (non-hydrogen) atoms. The molecule has 1 fully saturated rings. The lowest BCUT2D eigenvalue weighted by Crippen LogP contribution is -2.44. The lowest BCUT2D eigenvalue weighted by Gasteiger charge is -2.44. The van der Waals surface area contributed by atoms with E-state index in [1.807, 2.05) is 12.3 Å². The van der Waals surface area contributed by atoms with Crippen molar-refractivity contribution in [2.24, 2.45) is 16.8 Å². The van der Waals surface area contributed by atoms with Gasteiger partial charge in [0.15, 0.2) is 0 Å². The fourth-order valence-electron chi connectivity index (χ4n) is 3.30. The summed E-state index contributed by atoms with van der Waals surface area (Å²) in [4.78, 5) is 7.98. The van der Waals surface area contributed by atoms with E-state index in [1.165, 1.54) is 10.9 Å². The van der Waals surface area contributed by atoms with Crippen molar-refractivity contribution >= 4 is 34.5 Å². The van der Waals surface area contributed by atoms with Gasteiger partial charge in [0.25, 0.3) is 0 Å². The van der Waals surface area contributed by atoms with Gasteiger partial charge in [0.2, 0.25) is 0 Å². The summed E-state index contributed by atoms with van der Waals surface area (Å²) in [5.41, 5.74) is 2.48. The third-order valence-electron chi connectivity index (χ3n) is 4.32. The number of hydrogen-bond donors (Lipinski definition) is 1. The molecular formula is C14H13ClN2. The quantitative estimate of drug-likeness (QED) is 0.682. The van der Waals surface area contributed by atoms with Crippen LogP contribution in [0.15, 0.2) is 29.3 Å². The highest BCUT2D eigenvalue weighted by molar-refractivity contribution is 6.23. The molecule has 5 rings (SSSR count). The summed E-state index contributed by atoms with van der Waals surface area (Å²) in [6, 6.07) is 8.39. The van der Waals surface area contributed by atoms with Crippen molar-refractivity contribution in [2.45, 2.75) is 18.2 Å². The Morgan fingerprint density at radius 2 is 2.12 bits per heavy atom. The molecule has 2 nitrogen and oxygen atoms in total. The molecule has 1 N–H and O–H groups in total. The highest BCUT2D eigenvalue weighted by Gasteiger charge is 2.49. The maximum atomic E-state index is 6.50. The second-order valence-electron chi connectivity index (χ2n) is 5.12. The number of H-pyrrole nitrogens is 1. The Hall–Kier alpha value is -1.28. The molecule has 1 saturated carbocycles. The van der Waals surface area contributed by atoms with Crippen LogP contribution in [0.2, 0.25) is 0 Å². The Balaban J connectivity index is 2.05. The third-order valence-corrected chi connectivity index (χ3v) is 4.88. The Kier molecular flexibility index (Phi) is 1.79. The van der Waals surface area contributed by atoms with Gasteiger partial charge in [0, 0.05) is 39.9 Å². The second-order valence-corrected chi connectivity index (χ2v) is 5.62. The minimum absolute atomic E-state index is 0.203. The molecule has 3 heteroatoms. The number of alkyl halides is 1. The number of benzene rings is 1. The van der Waals surface area contributed by atoms with Crippen molar-refractivity contribution in [1.82, 2.24) is 4.98 Å². The number of rotatable bonds is 0. The molecule has 0 amide bonds. The fourth-order valence-corrected chi connectivity index (χ4v) is 3.95. The van der Waals surface area contributed by atoms with Gasteiger partial charge in [0.05, 0.1) is 0 Å². The smallest absolute Gasteiger partial charge is 0.134 e. The van der Waals surface area contributed by atoms with Crippen molar-refractivity contribution in [2.75, 3.05) is 0 Å². The first kappa shape index (κ1) is 9.72. The Morgan fingerprint density at radius 1 is 1.29 bits per heavy atom. The number of fused-ring (bicyclic) bond motifs is 1. The average Bonchev–Trinajstić information content (AvgIpc) is 2.53. The lowest BCUT2D eigenvalue weighted by molar-refractivity contribution is 0.233. The molecule has 4 atom stereocenters. The van der Waals surface area contributed by atoms with Crippen LogP contribution >= 0.6 is 11.6 Å². The molecule has 2 aliphatic heterocycles. The minimum atomic E-state index is 0.203. The van der Waals surface area contributed by atoms with Gasteiger partial charge < -0.3 is 4.98 Å². The monoisotopic (exact) mass is 244 g/mol. The lowest BCUT2D eigenvalue weighted by atomic mass is 9.63. The topological polar surface area (TPSA) is 28.1 Å². The van der Waals surface area contributed by atoms with Gasteiger partial charge in [0.1, 0.15) is 5.82 Å². The molecule has 4 unspecified atom stereocenters. The van der Waals surface area contributed by atoms with E-state index in [9.17, 15) is 0 Å². The van der Waals surface area contributed by atoms with E-state index < -0.39 is 0 Å². The maximum Gasteiger partial charge on any atom is 0.134 e. The molecule has 2 aromatic rings. The number of aromatic amines is 1. The normalized spacial score (nSPS) is 34.2. The summed E-state index contributed by atoms with van der Waals surface area (Å²) >= 11 is 6.50. The number of para-hydroxylation sites is 1. The predicted octanol–water partition coefficient (Wildman–Crippen LogP) is 3.84. The van der Waals surface area contributed by atoms with Crippen LogP contribution in [-0.4, -0.2) is 16.6 Å². The minimum Gasteiger partial charge on any atom is -0.339 e. The van der Waals surface area contributed by atoms with Crippen molar-refractivity contribution in [1.29, 1.82) is 0 Å². The molecule has 3 heterocycles. The summed E-state index contributed by atoms with van der Waals surface area (Å²) in [5.74, 6) is 2.48. The fraction of sp³-hybridized carbons (Fsp3) is 0.357. The van der Waals surface area contributed by atoms with E-state index >= 15 is 0 Å². The Bertz CT molecular complexity index is 618. The molecule has 1 aliphatic carbocycles. The van der Waals surface area contributed by atoms with Crippen LogP contribution in [0.5, 0.6) is 0 Å². The summed E-state index contributed by atoms with van der Waals surface area (Å²) < 4.78 is 0.